The van der Waals surface area contributed by atoms with Gasteiger partial charge in [-0.3, -0.25) is 4.79 Å². The first-order valence-electron chi connectivity index (χ1n) is 9.23. The molecule has 0 radical (unpaired) electrons. The first-order chi connectivity index (χ1) is 13.5. The van der Waals surface area contributed by atoms with Crippen LogP contribution >= 0.6 is 0 Å². The minimum absolute atomic E-state index is 0.382. The number of hydrogen-bond donors (Lipinski definition) is 3. The zero-order chi connectivity index (χ0) is 19.7. The molecule has 28 heavy (non-hydrogen) atoms. The second-order valence-corrected chi connectivity index (χ2v) is 7.03. The van der Waals surface area contributed by atoms with Gasteiger partial charge in [0.15, 0.2) is 0 Å². The summed E-state index contributed by atoms with van der Waals surface area (Å²) in [7, 11) is 0. The Bertz CT molecular complexity index is 1130. The molecule has 2 aromatic carbocycles. The van der Waals surface area contributed by atoms with E-state index in [1.807, 2.05) is 42.5 Å². The van der Waals surface area contributed by atoms with Crippen LogP contribution in [0.2, 0.25) is 0 Å². The number of benzene rings is 2. The maximum atomic E-state index is 12.2. The van der Waals surface area contributed by atoms with Crippen molar-refractivity contribution in [1.82, 2.24) is 4.98 Å². The molecular weight excluding hydrogens is 354 g/mol. The number of aromatic carboxylic acids is 1. The van der Waals surface area contributed by atoms with Crippen molar-refractivity contribution in [2.75, 3.05) is 5.32 Å². The second kappa shape index (κ2) is 7.23. The van der Waals surface area contributed by atoms with Crippen LogP contribution in [-0.4, -0.2) is 11.0 Å². The highest BCUT2D eigenvalue weighted by atomic mass is 16.4. The third kappa shape index (κ3) is 3.24. The number of carboxylic acids is 1. The van der Waals surface area contributed by atoms with Crippen LogP contribution in [-0.2, 0) is 0 Å². The first kappa shape index (κ1) is 17.9. The Balaban J connectivity index is 1.86. The number of nitrogens with two attached hydrogens (primary N) is 1. The number of nitrogens with one attached hydrogen (secondary N) is 2. The van der Waals surface area contributed by atoms with Gasteiger partial charge in [-0.1, -0.05) is 36.8 Å². The fourth-order valence-electron chi connectivity index (χ4n) is 3.58. The predicted octanol–water partition coefficient (Wildman–Crippen LogP) is 2.53. The molecule has 0 aliphatic heterocycles. The lowest BCUT2D eigenvalue weighted by atomic mass is 9.77. The number of fused-ring (bicyclic) bond motifs is 1. The van der Waals surface area contributed by atoms with Gasteiger partial charge >= 0.3 is 0 Å². The number of aromatic amines is 1. The molecular formula is C22H20N3O3-. The van der Waals surface area contributed by atoms with E-state index in [0.717, 1.165) is 36.1 Å². The van der Waals surface area contributed by atoms with Gasteiger partial charge in [0.05, 0.1) is 22.7 Å². The van der Waals surface area contributed by atoms with Crippen molar-refractivity contribution in [3.63, 3.8) is 0 Å². The minimum Gasteiger partial charge on any atom is -0.545 e. The molecule has 0 spiro atoms. The van der Waals surface area contributed by atoms with Crippen molar-refractivity contribution in [2.24, 2.45) is 5.73 Å². The molecule has 1 aliphatic carbocycles. The Kier molecular flexibility index (Phi) is 4.61. The van der Waals surface area contributed by atoms with Gasteiger partial charge in [-0.2, -0.15) is 0 Å². The number of carboxylic acid groups (broad SMARTS) is 1. The molecule has 0 unspecified atom stereocenters. The average Bonchev–Trinajstić information content (AvgIpc) is 2.64. The summed E-state index contributed by atoms with van der Waals surface area (Å²) >= 11 is 0. The molecule has 1 aliphatic rings. The Morgan fingerprint density at radius 3 is 2.57 bits per heavy atom. The summed E-state index contributed by atoms with van der Waals surface area (Å²) < 4.78 is 0. The van der Waals surface area contributed by atoms with E-state index in [4.69, 9.17) is 5.73 Å². The lowest BCUT2D eigenvalue weighted by Gasteiger charge is -2.28. The van der Waals surface area contributed by atoms with Gasteiger partial charge in [0.25, 0.3) is 5.56 Å². The van der Waals surface area contributed by atoms with Crippen LogP contribution < -0.4 is 21.7 Å². The Labute approximate surface area is 161 Å². The molecule has 0 saturated heterocycles. The number of rotatable bonds is 5. The van der Waals surface area contributed by atoms with Crippen molar-refractivity contribution in [2.45, 2.75) is 25.2 Å². The summed E-state index contributed by atoms with van der Waals surface area (Å²) in [5.41, 5.74) is 9.07. The number of carbonyl (C=O) groups excluding carboxylic acids is 1. The van der Waals surface area contributed by atoms with E-state index in [-0.39, 0.29) is 5.56 Å². The van der Waals surface area contributed by atoms with E-state index in [1.165, 1.54) is 6.07 Å². The SMILES string of the molecule is N/C(=C\Nc1ccccc1)c1c(C2CCC2)ccc2cc(C(=O)[O-])c(=O)[nH]c12. The fraction of sp³-hybridized carbons (Fsp3) is 0.182. The fourth-order valence-corrected chi connectivity index (χ4v) is 3.58. The number of anilines is 1. The van der Waals surface area contributed by atoms with E-state index < -0.39 is 11.5 Å². The number of para-hydroxylation sites is 1. The van der Waals surface area contributed by atoms with Crippen LogP contribution in [0.1, 0.15) is 46.7 Å². The van der Waals surface area contributed by atoms with Crippen LogP contribution in [0.25, 0.3) is 16.6 Å². The highest BCUT2D eigenvalue weighted by Gasteiger charge is 2.24. The van der Waals surface area contributed by atoms with Gasteiger partial charge in [0.2, 0.25) is 0 Å². The van der Waals surface area contributed by atoms with Gasteiger partial charge in [-0.05, 0) is 47.9 Å². The molecule has 1 aromatic heterocycles. The van der Waals surface area contributed by atoms with E-state index in [2.05, 4.69) is 10.3 Å². The molecule has 0 amide bonds. The Hall–Kier alpha value is -3.54. The number of aromatic nitrogens is 1. The van der Waals surface area contributed by atoms with Gasteiger partial charge in [-0.25, -0.2) is 0 Å². The van der Waals surface area contributed by atoms with Crippen molar-refractivity contribution in [1.29, 1.82) is 0 Å². The van der Waals surface area contributed by atoms with E-state index in [9.17, 15) is 14.7 Å². The number of carbonyl (C=O) groups is 1. The summed E-state index contributed by atoms with van der Waals surface area (Å²) in [5, 5.41) is 15.0. The standard InChI is InChI=1S/C22H21N3O3/c23-18(12-24-15-7-2-1-3-8-15)19-16(13-5-4-6-13)10-9-14-11-17(22(27)28)21(26)25-20(14)19/h1-3,7-13,24H,4-6,23H2,(H,25,26)(H,27,28)/p-1/b18-12-. The van der Waals surface area contributed by atoms with Crippen LogP contribution in [0, 0.1) is 0 Å². The summed E-state index contributed by atoms with van der Waals surface area (Å²) in [5.74, 6) is -1.12. The normalized spacial score (nSPS) is 14.6. The summed E-state index contributed by atoms with van der Waals surface area (Å²) in [4.78, 5) is 26.1. The molecule has 6 heteroatoms. The van der Waals surface area contributed by atoms with Crippen molar-refractivity contribution < 1.29 is 9.90 Å². The van der Waals surface area contributed by atoms with Crippen molar-refractivity contribution in [3.05, 3.63) is 81.8 Å². The number of hydrogen-bond acceptors (Lipinski definition) is 5. The van der Waals surface area contributed by atoms with Crippen LogP contribution in [0.15, 0.2) is 59.5 Å². The van der Waals surface area contributed by atoms with Crippen LogP contribution in [0.3, 0.4) is 0 Å². The zero-order valence-corrected chi connectivity index (χ0v) is 15.2. The molecule has 3 aromatic rings. The molecule has 1 heterocycles. The van der Waals surface area contributed by atoms with Crippen molar-refractivity contribution in [3.8, 4) is 0 Å². The Morgan fingerprint density at radius 2 is 1.93 bits per heavy atom. The highest BCUT2D eigenvalue weighted by molar-refractivity contribution is 5.96. The van der Waals surface area contributed by atoms with E-state index in [0.29, 0.717) is 22.5 Å². The van der Waals surface area contributed by atoms with Crippen LogP contribution in [0.4, 0.5) is 5.69 Å². The zero-order valence-electron chi connectivity index (χ0n) is 15.2. The molecule has 1 fully saturated rings. The summed E-state index contributed by atoms with van der Waals surface area (Å²) in [6, 6.07) is 14.8. The predicted molar refractivity (Wildman–Crippen MR) is 108 cm³/mol. The molecule has 142 valence electrons. The molecule has 4 rings (SSSR count). The smallest absolute Gasteiger partial charge is 0.257 e. The highest BCUT2D eigenvalue weighted by Crippen LogP contribution is 2.41. The topological polar surface area (TPSA) is 111 Å². The summed E-state index contributed by atoms with van der Waals surface area (Å²) in [6.45, 7) is 0. The third-order valence-corrected chi connectivity index (χ3v) is 5.27. The van der Waals surface area contributed by atoms with Gasteiger partial charge in [-0.15, -0.1) is 0 Å². The minimum atomic E-state index is -1.50. The molecule has 1 saturated carbocycles. The lowest BCUT2D eigenvalue weighted by Crippen LogP contribution is -2.30. The first-order valence-corrected chi connectivity index (χ1v) is 9.23. The molecule has 4 N–H and O–H groups in total. The number of pyridine rings is 1. The van der Waals surface area contributed by atoms with Crippen molar-refractivity contribution >= 4 is 28.3 Å². The molecule has 0 bridgehead atoms. The average molecular weight is 374 g/mol. The summed E-state index contributed by atoms with van der Waals surface area (Å²) in [6.07, 6.45) is 5.00. The third-order valence-electron chi connectivity index (χ3n) is 5.27. The van der Waals surface area contributed by atoms with E-state index in [1.54, 1.807) is 6.20 Å². The monoisotopic (exact) mass is 374 g/mol. The Morgan fingerprint density at radius 1 is 1.18 bits per heavy atom. The largest absolute Gasteiger partial charge is 0.545 e. The van der Waals surface area contributed by atoms with E-state index >= 15 is 0 Å². The second-order valence-electron chi connectivity index (χ2n) is 7.03. The van der Waals surface area contributed by atoms with Gasteiger partial charge < -0.3 is 25.9 Å². The molecule has 6 nitrogen and oxygen atoms in total. The van der Waals surface area contributed by atoms with Gasteiger partial charge in [0.1, 0.15) is 0 Å². The maximum absolute atomic E-state index is 12.2. The molecule has 0 atom stereocenters. The van der Waals surface area contributed by atoms with Crippen LogP contribution in [0.5, 0.6) is 0 Å². The lowest BCUT2D eigenvalue weighted by molar-refractivity contribution is -0.255. The number of H-pyrrole nitrogens is 1. The quantitative estimate of drug-likeness (QED) is 0.635. The van der Waals surface area contributed by atoms with Gasteiger partial charge in [0, 0.05) is 17.5 Å². The maximum Gasteiger partial charge on any atom is 0.257 e.